The lowest BCUT2D eigenvalue weighted by molar-refractivity contribution is -0.141. The quantitative estimate of drug-likeness (QED) is 0.759. The largest absolute Gasteiger partial charge is 0.339 e. The van der Waals surface area contributed by atoms with Gasteiger partial charge in [-0.15, -0.1) is 0 Å². The van der Waals surface area contributed by atoms with E-state index in [9.17, 15) is 9.59 Å². The van der Waals surface area contributed by atoms with Crippen LogP contribution >= 0.6 is 0 Å². The van der Waals surface area contributed by atoms with Crippen LogP contribution in [0.25, 0.3) is 0 Å². The van der Waals surface area contributed by atoms with Crippen LogP contribution < -0.4 is 4.90 Å². The Morgan fingerprint density at radius 1 is 1.20 bits per heavy atom. The standard InChI is InChI=1S/C14H20N4O2/c1-3-12(11(2)19)13(20)17-7-9-18(10-8-17)14-15-5-4-6-16-14/h4-6,12H,3,7-10H2,1-2H3/t12-/m1/s1. The van der Waals surface area contributed by atoms with E-state index in [4.69, 9.17) is 0 Å². The average molecular weight is 276 g/mol. The minimum atomic E-state index is -0.491. The van der Waals surface area contributed by atoms with Crippen molar-refractivity contribution in [2.75, 3.05) is 31.1 Å². The molecule has 1 aliphatic heterocycles. The lowest BCUT2D eigenvalue weighted by Gasteiger charge is -2.35. The maximum Gasteiger partial charge on any atom is 0.233 e. The molecule has 1 aromatic rings. The maximum atomic E-state index is 12.3. The zero-order chi connectivity index (χ0) is 14.5. The van der Waals surface area contributed by atoms with Crippen molar-refractivity contribution in [2.24, 2.45) is 5.92 Å². The number of carbonyl (C=O) groups excluding carboxylic acids is 2. The van der Waals surface area contributed by atoms with Crippen LogP contribution in [-0.2, 0) is 9.59 Å². The molecule has 0 spiro atoms. The van der Waals surface area contributed by atoms with Crippen LogP contribution in [0, 0.1) is 5.92 Å². The van der Waals surface area contributed by atoms with E-state index >= 15 is 0 Å². The van der Waals surface area contributed by atoms with Crippen molar-refractivity contribution in [2.45, 2.75) is 20.3 Å². The molecule has 0 unspecified atom stereocenters. The topological polar surface area (TPSA) is 66.4 Å². The van der Waals surface area contributed by atoms with E-state index < -0.39 is 5.92 Å². The lowest BCUT2D eigenvalue weighted by atomic mass is 10.00. The van der Waals surface area contributed by atoms with Gasteiger partial charge in [0.1, 0.15) is 5.78 Å². The van der Waals surface area contributed by atoms with Gasteiger partial charge in [0, 0.05) is 38.6 Å². The van der Waals surface area contributed by atoms with Gasteiger partial charge in [-0.1, -0.05) is 6.92 Å². The second kappa shape index (κ2) is 6.45. The van der Waals surface area contributed by atoms with Gasteiger partial charge < -0.3 is 9.80 Å². The number of rotatable bonds is 4. The third kappa shape index (κ3) is 3.12. The molecule has 0 radical (unpaired) electrons. The smallest absolute Gasteiger partial charge is 0.233 e. The monoisotopic (exact) mass is 276 g/mol. The van der Waals surface area contributed by atoms with Gasteiger partial charge in [0.2, 0.25) is 11.9 Å². The summed E-state index contributed by atoms with van der Waals surface area (Å²) in [5.41, 5.74) is 0. The summed E-state index contributed by atoms with van der Waals surface area (Å²) in [5.74, 6) is 0.104. The first-order chi connectivity index (χ1) is 9.63. The van der Waals surface area contributed by atoms with Crippen LogP contribution in [0.5, 0.6) is 0 Å². The zero-order valence-corrected chi connectivity index (χ0v) is 12.0. The first kappa shape index (κ1) is 14.4. The van der Waals surface area contributed by atoms with E-state index in [1.807, 2.05) is 6.92 Å². The minimum absolute atomic E-state index is 0.0476. The Morgan fingerprint density at radius 2 is 1.80 bits per heavy atom. The third-order valence-electron chi connectivity index (χ3n) is 3.62. The lowest BCUT2D eigenvalue weighted by Crippen LogP contribution is -2.51. The van der Waals surface area contributed by atoms with Crippen molar-refractivity contribution in [3.8, 4) is 0 Å². The fraction of sp³-hybridized carbons (Fsp3) is 0.571. The Labute approximate surface area is 118 Å². The Kier molecular flexibility index (Phi) is 4.65. The molecular formula is C14H20N4O2. The predicted octanol–water partition coefficient (Wildman–Crippen LogP) is 0.740. The van der Waals surface area contributed by atoms with Gasteiger partial charge in [-0.05, 0) is 19.4 Å². The summed E-state index contributed by atoms with van der Waals surface area (Å²) in [5, 5.41) is 0. The summed E-state index contributed by atoms with van der Waals surface area (Å²) in [6.07, 6.45) is 3.99. The average Bonchev–Trinajstić information content (AvgIpc) is 2.48. The molecule has 2 heterocycles. The zero-order valence-electron chi connectivity index (χ0n) is 12.0. The van der Waals surface area contributed by atoms with Crippen LogP contribution in [0.1, 0.15) is 20.3 Å². The molecule has 1 atom stereocenters. The van der Waals surface area contributed by atoms with Crippen molar-refractivity contribution in [1.82, 2.24) is 14.9 Å². The fourth-order valence-corrected chi connectivity index (χ4v) is 2.44. The predicted molar refractivity (Wildman–Crippen MR) is 75.3 cm³/mol. The first-order valence-electron chi connectivity index (χ1n) is 6.94. The number of ketones is 1. The number of piperazine rings is 1. The van der Waals surface area contributed by atoms with E-state index in [0.29, 0.717) is 38.5 Å². The van der Waals surface area contributed by atoms with Gasteiger partial charge in [0.25, 0.3) is 0 Å². The number of aromatic nitrogens is 2. The van der Waals surface area contributed by atoms with Crippen LogP contribution in [-0.4, -0.2) is 52.7 Å². The van der Waals surface area contributed by atoms with Gasteiger partial charge in [-0.25, -0.2) is 9.97 Å². The van der Waals surface area contributed by atoms with Crippen LogP contribution in [0.2, 0.25) is 0 Å². The molecule has 1 amide bonds. The van der Waals surface area contributed by atoms with Gasteiger partial charge >= 0.3 is 0 Å². The van der Waals surface area contributed by atoms with Crippen molar-refractivity contribution < 1.29 is 9.59 Å². The molecule has 0 N–H and O–H groups in total. The highest BCUT2D eigenvalue weighted by molar-refractivity contribution is 6.00. The Balaban J connectivity index is 1.94. The van der Waals surface area contributed by atoms with Gasteiger partial charge in [0.05, 0.1) is 5.92 Å². The number of Topliss-reactive ketones (excluding diaryl/α,β-unsaturated/α-hetero) is 1. The number of hydrogen-bond acceptors (Lipinski definition) is 5. The van der Waals surface area contributed by atoms with Crippen LogP contribution in [0.3, 0.4) is 0 Å². The normalized spacial score (nSPS) is 16.9. The van der Waals surface area contributed by atoms with Gasteiger partial charge in [0.15, 0.2) is 0 Å². The Hall–Kier alpha value is -1.98. The first-order valence-corrected chi connectivity index (χ1v) is 6.94. The molecule has 0 saturated carbocycles. The van der Waals surface area contributed by atoms with E-state index in [2.05, 4.69) is 14.9 Å². The minimum Gasteiger partial charge on any atom is -0.339 e. The molecule has 20 heavy (non-hydrogen) atoms. The summed E-state index contributed by atoms with van der Waals surface area (Å²) in [6.45, 7) is 5.98. The van der Waals surface area contributed by atoms with Gasteiger partial charge in [-0.3, -0.25) is 9.59 Å². The summed E-state index contributed by atoms with van der Waals surface area (Å²) in [4.78, 5) is 36.0. The molecular weight excluding hydrogens is 256 g/mol. The second-order valence-corrected chi connectivity index (χ2v) is 4.93. The van der Waals surface area contributed by atoms with Crippen molar-refractivity contribution in [3.05, 3.63) is 18.5 Å². The van der Waals surface area contributed by atoms with Crippen LogP contribution in [0.15, 0.2) is 18.5 Å². The number of hydrogen-bond donors (Lipinski definition) is 0. The third-order valence-corrected chi connectivity index (χ3v) is 3.62. The number of nitrogens with zero attached hydrogens (tertiary/aromatic N) is 4. The Morgan fingerprint density at radius 3 is 2.30 bits per heavy atom. The molecule has 1 fully saturated rings. The second-order valence-electron chi connectivity index (χ2n) is 4.93. The number of carbonyl (C=O) groups is 2. The highest BCUT2D eigenvalue weighted by Gasteiger charge is 2.29. The molecule has 108 valence electrons. The van der Waals surface area contributed by atoms with E-state index in [1.54, 1.807) is 23.4 Å². The van der Waals surface area contributed by atoms with E-state index in [0.717, 1.165) is 0 Å². The van der Waals surface area contributed by atoms with E-state index in [1.165, 1.54) is 6.92 Å². The molecule has 0 bridgehead atoms. The molecule has 0 aliphatic carbocycles. The number of anilines is 1. The van der Waals surface area contributed by atoms with E-state index in [-0.39, 0.29) is 11.7 Å². The summed E-state index contributed by atoms with van der Waals surface area (Å²) < 4.78 is 0. The number of amides is 1. The van der Waals surface area contributed by atoms with Crippen molar-refractivity contribution in [3.63, 3.8) is 0 Å². The summed E-state index contributed by atoms with van der Waals surface area (Å²) in [6, 6.07) is 1.78. The molecule has 0 aromatic carbocycles. The highest BCUT2D eigenvalue weighted by Crippen LogP contribution is 2.14. The molecule has 6 heteroatoms. The van der Waals surface area contributed by atoms with Crippen molar-refractivity contribution in [1.29, 1.82) is 0 Å². The fourth-order valence-electron chi connectivity index (χ4n) is 2.44. The van der Waals surface area contributed by atoms with Gasteiger partial charge in [-0.2, -0.15) is 0 Å². The van der Waals surface area contributed by atoms with Crippen molar-refractivity contribution >= 4 is 17.6 Å². The summed E-state index contributed by atoms with van der Waals surface area (Å²) in [7, 11) is 0. The Bertz CT molecular complexity index is 469. The molecule has 2 rings (SSSR count). The molecule has 1 aliphatic rings. The molecule has 1 saturated heterocycles. The highest BCUT2D eigenvalue weighted by atomic mass is 16.2. The molecule has 1 aromatic heterocycles. The molecule has 6 nitrogen and oxygen atoms in total. The summed E-state index contributed by atoms with van der Waals surface area (Å²) >= 11 is 0. The maximum absolute atomic E-state index is 12.3. The van der Waals surface area contributed by atoms with Crippen LogP contribution in [0.4, 0.5) is 5.95 Å². The SMILES string of the molecule is CC[C@H](C(C)=O)C(=O)N1CCN(c2ncccn2)CC1.